The van der Waals surface area contributed by atoms with Crippen LogP contribution in [0.1, 0.15) is 23.2 Å². The lowest BCUT2D eigenvalue weighted by atomic mass is 10.2. The molecular weight excluding hydrogens is 212 g/mol. The second-order valence-electron chi connectivity index (χ2n) is 3.41. The maximum atomic E-state index is 4.23. The second kappa shape index (κ2) is 6.43. The van der Waals surface area contributed by atoms with Gasteiger partial charge in [0.15, 0.2) is 0 Å². The first-order chi connectivity index (χ1) is 6.72. The van der Waals surface area contributed by atoms with Gasteiger partial charge in [-0.3, -0.25) is 0 Å². The topological polar surface area (TPSA) is 24.9 Å². The standard InChI is InChI=1S/C10H18N2S2/c1-8(4-5-13-3)11-6-10-7-12-9(2)14-10/h7-8,11H,4-6H2,1-3H3. The van der Waals surface area contributed by atoms with Crippen molar-refractivity contribution in [2.24, 2.45) is 0 Å². The average Bonchev–Trinajstić information content (AvgIpc) is 2.58. The zero-order valence-electron chi connectivity index (χ0n) is 9.04. The normalized spacial score (nSPS) is 13.1. The summed E-state index contributed by atoms with van der Waals surface area (Å²) in [6, 6.07) is 0.602. The van der Waals surface area contributed by atoms with Crippen LogP contribution in [0.3, 0.4) is 0 Å². The Balaban J connectivity index is 2.20. The zero-order valence-corrected chi connectivity index (χ0v) is 10.7. The summed E-state index contributed by atoms with van der Waals surface area (Å²) in [5, 5.41) is 4.66. The molecule has 0 fully saturated rings. The van der Waals surface area contributed by atoms with E-state index in [9.17, 15) is 0 Å². The Morgan fingerprint density at radius 3 is 3.00 bits per heavy atom. The van der Waals surface area contributed by atoms with Crippen molar-refractivity contribution < 1.29 is 0 Å². The molecule has 4 heteroatoms. The van der Waals surface area contributed by atoms with Crippen LogP contribution in [-0.2, 0) is 6.54 Å². The highest BCUT2D eigenvalue weighted by Crippen LogP contribution is 2.11. The van der Waals surface area contributed by atoms with Crippen LogP contribution >= 0.6 is 23.1 Å². The summed E-state index contributed by atoms with van der Waals surface area (Å²) in [5.41, 5.74) is 0. The number of aromatic nitrogens is 1. The van der Waals surface area contributed by atoms with Gasteiger partial charge in [0.25, 0.3) is 0 Å². The van der Waals surface area contributed by atoms with E-state index in [1.165, 1.54) is 17.1 Å². The number of rotatable bonds is 6. The van der Waals surface area contributed by atoms with Gasteiger partial charge in [0.1, 0.15) is 0 Å². The van der Waals surface area contributed by atoms with Crippen LogP contribution in [0.15, 0.2) is 6.20 Å². The molecule has 0 aliphatic rings. The van der Waals surface area contributed by atoms with Crippen molar-refractivity contribution in [3.05, 3.63) is 16.1 Å². The van der Waals surface area contributed by atoms with Gasteiger partial charge in [0.05, 0.1) is 5.01 Å². The van der Waals surface area contributed by atoms with Crippen molar-refractivity contribution >= 4 is 23.1 Å². The van der Waals surface area contributed by atoms with Crippen LogP contribution in [0.4, 0.5) is 0 Å². The molecule has 1 unspecified atom stereocenters. The van der Waals surface area contributed by atoms with Gasteiger partial charge < -0.3 is 5.32 Å². The summed E-state index contributed by atoms with van der Waals surface area (Å²) in [6.07, 6.45) is 5.35. The third-order valence-electron chi connectivity index (χ3n) is 2.05. The van der Waals surface area contributed by atoms with Gasteiger partial charge in [-0.05, 0) is 32.3 Å². The average molecular weight is 230 g/mol. The number of hydrogen-bond donors (Lipinski definition) is 1. The molecule has 1 rings (SSSR count). The van der Waals surface area contributed by atoms with Gasteiger partial charge in [-0.2, -0.15) is 11.8 Å². The molecule has 0 bridgehead atoms. The minimum Gasteiger partial charge on any atom is -0.309 e. The van der Waals surface area contributed by atoms with E-state index in [0.717, 1.165) is 11.6 Å². The van der Waals surface area contributed by atoms with Crippen molar-refractivity contribution in [3.8, 4) is 0 Å². The molecule has 0 saturated heterocycles. The molecule has 1 N–H and O–H groups in total. The molecule has 1 aromatic rings. The van der Waals surface area contributed by atoms with E-state index in [2.05, 4.69) is 23.5 Å². The number of hydrogen-bond acceptors (Lipinski definition) is 4. The largest absolute Gasteiger partial charge is 0.309 e. The predicted octanol–water partition coefficient (Wildman–Crippen LogP) is 2.68. The van der Waals surface area contributed by atoms with Crippen LogP contribution in [0, 0.1) is 6.92 Å². The Morgan fingerprint density at radius 2 is 2.43 bits per heavy atom. The molecule has 2 nitrogen and oxygen atoms in total. The molecule has 1 aromatic heterocycles. The van der Waals surface area contributed by atoms with Crippen LogP contribution in [0.25, 0.3) is 0 Å². The summed E-state index contributed by atoms with van der Waals surface area (Å²) >= 11 is 3.68. The first-order valence-corrected chi connectivity index (χ1v) is 7.07. The monoisotopic (exact) mass is 230 g/mol. The highest BCUT2D eigenvalue weighted by Gasteiger charge is 2.02. The first kappa shape index (κ1) is 12.0. The SMILES string of the molecule is CSCCC(C)NCc1cnc(C)s1. The number of nitrogens with one attached hydrogen (secondary N) is 1. The van der Waals surface area contributed by atoms with E-state index in [0.29, 0.717) is 6.04 Å². The fourth-order valence-electron chi connectivity index (χ4n) is 1.16. The van der Waals surface area contributed by atoms with Crippen molar-refractivity contribution in [2.45, 2.75) is 32.9 Å². The van der Waals surface area contributed by atoms with Gasteiger partial charge >= 0.3 is 0 Å². The second-order valence-corrected chi connectivity index (χ2v) is 5.71. The summed E-state index contributed by atoms with van der Waals surface area (Å²) in [7, 11) is 0. The zero-order chi connectivity index (χ0) is 10.4. The maximum Gasteiger partial charge on any atom is 0.0897 e. The quantitative estimate of drug-likeness (QED) is 0.813. The first-order valence-electron chi connectivity index (χ1n) is 4.86. The summed E-state index contributed by atoms with van der Waals surface area (Å²) in [6.45, 7) is 5.25. The van der Waals surface area contributed by atoms with E-state index in [4.69, 9.17) is 0 Å². The van der Waals surface area contributed by atoms with E-state index >= 15 is 0 Å². The molecule has 0 spiro atoms. The molecule has 1 heterocycles. The lowest BCUT2D eigenvalue weighted by Crippen LogP contribution is -2.25. The van der Waals surface area contributed by atoms with E-state index in [1.807, 2.05) is 24.9 Å². The van der Waals surface area contributed by atoms with Crippen LogP contribution < -0.4 is 5.32 Å². The minimum atomic E-state index is 0.602. The Bertz CT molecular complexity index is 260. The fourth-order valence-corrected chi connectivity index (χ4v) is 2.49. The van der Waals surface area contributed by atoms with Crippen molar-refractivity contribution in [1.29, 1.82) is 0 Å². The van der Waals surface area contributed by atoms with Crippen LogP contribution in [0.5, 0.6) is 0 Å². The third kappa shape index (κ3) is 4.44. The number of thiazole rings is 1. The minimum absolute atomic E-state index is 0.602. The highest BCUT2D eigenvalue weighted by atomic mass is 32.2. The van der Waals surface area contributed by atoms with Gasteiger partial charge in [0, 0.05) is 23.7 Å². The van der Waals surface area contributed by atoms with E-state index in [-0.39, 0.29) is 0 Å². The van der Waals surface area contributed by atoms with Gasteiger partial charge in [0.2, 0.25) is 0 Å². The van der Waals surface area contributed by atoms with Crippen molar-refractivity contribution in [2.75, 3.05) is 12.0 Å². The lowest BCUT2D eigenvalue weighted by molar-refractivity contribution is 0.540. The van der Waals surface area contributed by atoms with E-state index < -0.39 is 0 Å². The van der Waals surface area contributed by atoms with Gasteiger partial charge in [-0.25, -0.2) is 4.98 Å². The van der Waals surface area contributed by atoms with E-state index in [1.54, 1.807) is 11.3 Å². The molecule has 0 aliphatic carbocycles. The molecule has 0 saturated carbocycles. The maximum absolute atomic E-state index is 4.23. The Morgan fingerprint density at radius 1 is 1.64 bits per heavy atom. The van der Waals surface area contributed by atoms with Crippen LogP contribution in [-0.4, -0.2) is 23.0 Å². The third-order valence-corrected chi connectivity index (χ3v) is 3.61. The predicted molar refractivity (Wildman–Crippen MR) is 66.2 cm³/mol. The molecule has 0 amide bonds. The van der Waals surface area contributed by atoms with Gasteiger partial charge in [-0.15, -0.1) is 11.3 Å². The molecular formula is C10H18N2S2. The number of thioether (sulfide) groups is 1. The summed E-state index contributed by atoms with van der Waals surface area (Å²) in [5.74, 6) is 1.23. The molecule has 80 valence electrons. The molecule has 0 radical (unpaired) electrons. The van der Waals surface area contributed by atoms with Crippen LogP contribution in [0.2, 0.25) is 0 Å². The van der Waals surface area contributed by atoms with Crippen molar-refractivity contribution in [1.82, 2.24) is 10.3 Å². The molecule has 1 atom stereocenters. The molecule has 0 aromatic carbocycles. The summed E-state index contributed by atoms with van der Waals surface area (Å²) < 4.78 is 0. The molecule has 0 aliphatic heterocycles. The smallest absolute Gasteiger partial charge is 0.0897 e. The number of nitrogens with zero attached hydrogens (tertiary/aromatic N) is 1. The summed E-state index contributed by atoms with van der Waals surface area (Å²) in [4.78, 5) is 5.56. The van der Waals surface area contributed by atoms with Gasteiger partial charge in [-0.1, -0.05) is 0 Å². The lowest BCUT2D eigenvalue weighted by Gasteiger charge is -2.11. The molecule has 14 heavy (non-hydrogen) atoms. The fraction of sp³-hybridized carbons (Fsp3) is 0.700. The Hall–Kier alpha value is -0.0600. The van der Waals surface area contributed by atoms with Crippen molar-refractivity contribution in [3.63, 3.8) is 0 Å². The number of aryl methyl sites for hydroxylation is 1. The highest BCUT2D eigenvalue weighted by molar-refractivity contribution is 7.98. The Kier molecular flexibility index (Phi) is 5.52. The Labute approximate surface area is 94.5 Å².